The van der Waals surface area contributed by atoms with E-state index in [1.54, 1.807) is 31.3 Å². The topological polar surface area (TPSA) is 49.4 Å². The SMILES string of the molecule is CC(=O)N(C)c1ccccc1NC(=O)c1ccccc1Br. The molecule has 0 saturated heterocycles. The highest BCUT2D eigenvalue weighted by molar-refractivity contribution is 9.10. The second-order valence-electron chi connectivity index (χ2n) is 4.53. The number of anilines is 2. The summed E-state index contributed by atoms with van der Waals surface area (Å²) >= 11 is 3.36. The quantitative estimate of drug-likeness (QED) is 0.921. The van der Waals surface area contributed by atoms with Crippen LogP contribution in [0.4, 0.5) is 11.4 Å². The van der Waals surface area contributed by atoms with E-state index in [-0.39, 0.29) is 11.8 Å². The maximum atomic E-state index is 12.3. The van der Waals surface area contributed by atoms with E-state index >= 15 is 0 Å². The van der Waals surface area contributed by atoms with Crippen LogP contribution in [0.5, 0.6) is 0 Å². The largest absolute Gasteiger partial charge is 0.320 e. The van der Waals surface area contributed by atoms with E-state index in [1.807, 2.05) is 24.3 Å². The van der Waals surface area contributed by atoms with Gasteiger partial charge in [-0.1, -0.05) is 24.3 Å². The van der Waals surface area contributed by atoms with Crippen LogP contribution in [0.1, 0.15) is 17.3 Å². The molecule has 0 atom stereocenters. The highest BCUT2D eigenvalue weighted by Gasteiger charge is 2.14. The molecule has 2 aromatic rings. The van der Waals surface area contributed by atoms with Gasteiger partial charge in [0, 0.05) is 18.4 Å². The van der Waals surface area contributed by atoms with Gasteiger partial charge in [0.25, 0.3) is 5.91 Å². The van der Waals surface area contributed by atoms with Crippen LogP contribution in [0.3, 0.4) is 0 Å². The summed E-state index contributed by atoms with van der Waals surface area (Å²) in [7, 11) is 1.67. The summed E-state index contributed by atoms with van der Waals surface area (Å²) < 4.78 is 0.722. The van der Waals surface area contributed by atoms with Crippen molar-refractivity contribution in [2.24, 2.45) is 0 Å². The van der Waals surface area contributed by atoms with Crippen LogP contribution in [-0.2, 0) is 4.79 Å². The van der Waals surface area contributed by atoms with Gasteiger partial charge in [0.15, 0.2) is 0 Å². The fourth-order valence-electron chi connectivity index (χ4n) is 1.88. The van der Waals surface area contributed by atoms with Gasteiger partial charge in [0.1, 0.15) is 0 Å². The molecule has 0 unspecified atom stereocenters. The molecule has 4 nitrogen and oxygen atoms in total. The average Bonchev–Trinajstić information content (AvgIpc) is 2.47. The van der Waals surface area contributed by atoms with Crippen molar-refractivity contribution in [2.45, 2.75) is 6.92 Å². The normalized spacial score (nSPS) is 10.0. The Hall–Kier alpha value is -2.14. The smallest absolute Gasteiger partial charge is 0.256 e. The molecule has 0 saturated carbocycles. The second kappa shape index (κ2) is 6.54. The van der Waals surface area contributed by atoms with Crippen LogP contribution in [0.15, 0.2) is 53.0 Å². The lowest BCUT2D eigenvalue weighted by atomic mass is 10.2. The van der Waals surface area contributed by atoms with Gasteiger partial charge in [0.05, 0.1) is 16.9 Å². The molecule has 0 spiro atoms. The number of benzene rings is 2. The monoisotopic (exact) mass is 346 g/mol. The van der Waals surface area contributed by atoms with Crippen molar-refractivity contribution in [1.29, 1.82) is 0 Å². The molecule has 2 rings (SSSR count). The molecular formula is C16H15BrN2O2. The number of carbonyl (C=O) groups is 2. The lowest BCUT2D eigenvalue weighted by Crippen LogP contribution is -2.24. The van der Waals surface area contributed by atoms with Gasteiger partial charge in [-0.25, -0.2) is 0 Å². The molecule has 0 aliphatic carbocycles. The van der Waals surface area contributed by atoms with Gasteiger partial charge in [-0.05, 0) is 40.2 Å². The Morgan fingerprint density at radius 1 is 1.05 bits per heavy atom. The van der Waals surface area contributed by atoms with Crippen molar-refractivity contribution in [3.8, 4) is 0 Å². The number of rotatable bonds is 3. The number of para-hydroxylation sites is 2. The van der Waals surface area contributed by atoms with Gasteiger partial charge in [0.2, 0.25) is 5.91 Å². The number of hydrogen-bond donors (Lipinski definition) is 1. The zero-order chi connectivity index (χ0) is 15.4. The molecule has 0 heterocycles. The molecule has 0 aromatic heterocycles. The summed E-state index contributed by atoms with van der Waals surface area (Å²) in [5.74, 6) is -0.329. The van der Waals surface area contributed by atoms with Crippen LogP contribution in [-0.4, -0.2) is 18.9 Å². The minimum absolute atomic E-state index is 0.0995. The third kappa shape index (κ3) is 3.49. The third-order valence-electron chi connectivity index (χ3n) is 3.10. The number of nitrogens with one attached hydrogen (secondary N) is 1. The number of carbonyl (C=O) groups excluding carboxylic acids is 2. The lowest BCUT2D eigenvalue weighted by Gasteiger charge is -2.19. The maximum Gasteiger partial charge on any atom is 0.256 e. The molecule has 2 aromatic carbocycles. The first-order valence-corrected chi connectivity index (χ1v) is 7.19. The zero-order valence-electron chi connectivity index (χ0n) is 11.8. The summed E-state index contributed by atoms with van der Waals surface area (Å²) in [4.78, 5) is 25.3. The van der Waals surface area contributed by atoms with Crippen molar-refractivity contribution in [3.05, 3.63) is 58.6 Å². The second-order valence-corrected chi connectivity index (χ2v) is 5.38. The Kier molecular flexibility index (Phi) is 4.75. The zero-order valence-corrected chi connectivity index (χ0v) is 13.3. The number of hydrogen-bond acceptors (Lipinski definition) is 2. The van der Waals surface area contributed by atoms with Gasteiger partial charge < -0.3 is 10.2 Å². The van der Waals surface area contributed by atoms with Gasteiger partial charge in [-0.15, -0.1) is 0 Å². The van der Waals surface area contributed by atoms with Crippen LogP contribution in [0.2, 0.25) is 0 Å². The van der Waals surface area contributed by atoms with Crippen molar-refractivity contribution in [1.82, 2.24) is 0 Å². The number of amides is 2. The van der Waals surface area contributed by atoms with E-state index in [2.05, 4.69) is 21.2 Å². The van der Waals surface area contributed by atoms with E-state index in [0.29, 0.717) is 16.9 Å². The molecule has 0 bridgehead atoms. The summed E-state index contributed by atoms with van der Waals surface area (Å²) in [6.45, 7) is 1.48. The Bertz CT molecular complexity index is 685. The maximum absolute atomic E-state index is 12.3. The molecule has 2 amide bonds. The third-order valence-corrected chi connectivity index (χ3v) is 3.80. The van der Waals surface area contributed by atoms with Crippen molar-refractivity contribution in [2.75, 3.05) is 17.3 Å². The van der Waals surface area contributed by atoms with E-state index in [4.69, 9.17) is 0 Å². The van der Waals surface area contributed by atoms with Gasteiger partial charge in [-0.3, -0.25) is 9.59 Å². The molecular weight excluding hydrogens is 332 g/mol. The molecule has 21 heavy (non-hydrogen) atoms. The molecule has 0 aliphatic heterocycles. The highest BCUT2D eigenvalue weighted by Crippen LogP contribution is 2.26. The molecule has 108 valence electrons. The molecule has 0 radical (unpaired) electrons. The number of nitrogens with zero attached hydrogens (tertiary/aromatic N) is 1. The van der Waals surface area contributed by atoms with E-state index in [1.165, 1.54) is 11.8 Å². The first kappa shape index (κ1) is 15.3. The Morgan fingerprint density at radius 2 is 1.67 bits per heavy atom. The van der Waals surface area contributed by atoms with Crippen LogP contribution in [0.25, 0.3) is 0 Å². The van der Waals surface area contributed by atoms with Gasteiger partial charge >= 0.3 is 0 Å². The molecule has 0 fully saturated rings. The van der Waals surface area contributed by atoms with Crippen LogP contribution < -0.4 is 10.2 Å². The lowest BCUT2D eigenvalue weighted by molar-refractivity contribution is -0.116. The fourth-order valence-corrected chi connectivity index (χ4v) is 2.34. The van der Waals surface area contributed by atoms with E-state index < -0.39 is 0 Å². The minimum Gasteiger partial charge on any atom is -0.320 e. The molecule has 5 heteroatoms. The first-order valence-electron chi connectivity index (χ1n) is 6.40. The fraction of sp³-hybridized carbons (Fsp3) is 0.125. The summed E-state index contributed by atoms with van der Waals surface area (Å²) in [5, 5.41) is 2.84. The summed E-state index contributed by atoms with van der Waals surface area (Å²) in [6, 6.07) is 14.4. The Labute approximate surface area is 131 Å². The van der Waals surface area contributed by atoms with Crippen LogP contribution >= 0.6 is 15.9 Å². The summed E-state index contributed by atoms with van der Waals surface area (Å²) in [6.07, 6.45) is 0. The minimum atomic E-state index is -0.230. The van der Waals surface area contributed by atoms with E-state index in [0.717, 1.165) is 4.47 Å². The van der Waals surface area contributed by atoms with Crippen molar-refractivity contribution < 1.29 is 9.59 Å². The highest BCUT2D eigenvalue weighted by atomic mass is 79.9. The van der Waals surface area contributed by atoms with E-state index in [9.17, 15) is 9.59 Å². The Balaban J connectivity index is 2.30. The van der Waals surface area contributed by atoms with Crippen molar-refractivity contribution >= 4 is 39.1 Å². The van der Waals surface area contributed by atoms with Gasteiger partial charge in [-0.2, -0.15) is 0 Å². The predicted molar refractivity (Wildman–Crippen MR) is 87.6 cm³/mol. The van der Waals surface area contributed by atoms with Crippen LogP contribution in [0, 0.1) is 0 Å². The number of halogens is 1. The standard InChI is InChI=1S/C16H15BrN2O2/c1-11(20)19(2)15-10-6-5-9-14(15)18-16(21)12-7-3-4-8-13(12)17/h3-10H,1-2H3,(H,18,21). The average molecular weight is 347 g/mol. The first-order chi connectivity index (χ1) is 10.0. The molecule has 0 aliphatic rings. The summed E-state index contributed by atoms with van der Waals surface area (Å²) in [5.41, 5.74) is 1.79. The van der Waals surface area contributed by atoms with Crippen molar-refractivity contribution in [3.63, 3.8) is 0 Å². The molecule has 1 N–H and O–H groups in total. The Morgan fingerprint density at radius 3 is 2.33 bits per heavy atom. The predicted octanol–water partition coefficient (Wildman–Crippen LogP) is 3.68.